The molecular weight excluding hydrogens is 424 g/mol. The summed E-state index contributed by atoms with van der Waals surface area (Å²) < 4.78 is 0. The molecule has 3 heterocycles. The summed E-state index contributed by atoms with van der Waals surface area (Å²) in [4.78, 5) is 36.6. The Morgan fingerprint density at radius 2 is 1.79 bits per heavy atom. The van der Waals surface area contributed by atoms with Crippen LogP contribution in [0.3, 0.4) is 0 Å². The van der Waals surface area contributed by atoms with Gasteiger partial charge in [0, 0.05) is 29.6 Å². The van der Waals surface area contributed by atoms with Crippen LogP contribution in [0.5, 0.6) is 0 Å². The van der Waals surface area contributed by atoms with Crippen LogP contribution in [0.2, 0.25) is 0 Å². The van der Waals surface area contributed by atoms with Crippen LogP contribution in [0.25, 0.3) is 10.9 Å². The van der Waals surface area contributed by atoms with Crippen LogP contribution >= 0.6 is 0 Å². The number of amides is 2. The molecular formula is C28H34N4O2. The fourth-order valence-corrected chi connectivity index (χ4v) is 5.50. The molecule has 1 fully saturated rings. The number of carbonyl (C=O) groups is 2. The van der Waals surface area contributed by atoms with E-state index in [4.69, 9.17) is 0 Å². The summed E-state index contributed by atoms with van der Waals surface area (Å²) in [5, 5.41) is 1.14. The highest BCUT2D eigenvalue weighted by molar-refractivity contribution is 5.97. The molecule has 2 amide bonds. The maximum Gasteiger partial charge on any atom is 0.246 e. The Labute approximate surface area is 201 Å². The molecule has 1 aromatic heterocycles. The lowest BCUT2D eigenvalue weighted by Gasteiger charge is -2.47. The molecule has 6 heteroatoms. The number of nitrogens with zero attached hydrogens (tertiary/aromatic N) is 3. The van der Waals surface area contributed by atoms with Crippen LogP contribution in [-0.4, -0.2) is 71.3 Å². The lowest BCUT2D eigenvalue weighted by molar-refractivity contribution is -0.158. The predicted octanol–water partition coefficient (Wildman–Crippen LogP) is 3.93. The van der Waals surface area contributed by atoms with Gasteiger partial charge in [0.15, 0.2) is 0 Å². The van der Waals surface area contributed by atoms with Crippen molar-refractivity contribution in [1.29, 1.82) is 0 Å². The molecule has 2 aliphatic rings. The summed E-state index contributed by atoms with van der Waals surface area (Å²) in [5.41, 5.74) is 5.56. The molecule has 34 heavy (non-hydrogen) atoms. The van der Waals surface area contributed by atoms with E-state index in [-0.39, 0.29) is 24.4 Å². The lowest BCUT2D eigenvalue weighted by Crippen LogP contribution is -2.63. The van der Waals surface area contributed by atoms with Gasteiger partial charge in [0.1, 0.15) is 6.04 Å². The third-order valence-electron chi connectivity index (χ3n) is 7.29. The number of piperazine rings is 1. The first-order valence-electron chi connectivity index (χ1n) is 12.3. The van der Waals surface area contributed by atoms with E-state index in [0.717, 1.165) is 40.7 Å². The summed E-state index contributed by atoms with van der Waals surface area (Å²) >= 11 is 0. The van der Waals surface area contributed by atoms with Gasteiger partial charge in [-0.25, -0.2) is 0 Å². The zero-order chi connectivity index (χ0) is 24.0. The first kappa shape index (κ1) is 22.7. The van der Waals surface area contributed by atoms with Crippen molar-refractivity contribution in [2.75, 3.05) is 33.7 Å². The van der Waals surface area contributed by atoms with E-state index in [9.17, 15) is 9.59 Å². The zero-order valence-electron chi connectivity index (χ0n) is 20.5. The van der Waals surface area contributed by atoms with Gasteiger partial charge in [-0.1, -0.05) is 56.3 Å². The van der Waals surface area contributed by atoms with Gasteiger partial charge in [0.25, 0.3) is 0 Å². The Morgan fingerprint density at radius 1 is 1.06 bits per heavy atom. The molecule has 3 aromatic rings. The van der Waals surface area contributed by atoms with Crippen molar-refractivity contribution in [1.82, 2.24) is 19.7 Å². The van der Waals surface area contributed by atoms with Crippen molar-refractivity contribution in [2.24, 2.45) is 0 Å². The van der Waals surface area contributed by atoms with E-state index >= 15 is 0 Å². The number of hydrogen-bond donors (Lipinski definition) is 1. The monoisotopic (exact) mass is 458 g/mol. The second-order valence-corrected chi connectivity index (χ2v) is 10.2. The molecule has 2 aromatic carbocycles. The van der Waals surface area contributed by atoms with Crippen LogP contribution in [0.1, 0.15) is 54.6 Å². The highest BCUT2D eigenvalue weighted by Gasteiger charge is 2.48. The maximum atomic E-state index is 13.7. The van der Waals surface area contributed by atoms with Crippen molar-refractivity contribution in [3.05, 3.63) is 70.9 Å². The number of fused-ring (bicyclic) bond motifs is 4. The van der Waals surface area contributed by atoms with E-state index in [0.29, 0.717) is 18.9 Å². The molecule has 0 bridgehead atoms. The fourth-order valence-electron chi connectivity index (χ4n) is 5.50. The Morgan fingerprint density at radius 3 is 2.50 bits per heavy atom. The SMILES string of the molecule is CC(C)c1ccc(C2c3[nH]c4ccccc4c3C[C@@H]3C(=O)N(CCCN(C)C)CC(=O)N23)cc1. The van der Waals surface area contributed by atoms with Gasteiger partial charge in [-0.2, -0.15) is 0 Å². The molecule has 0 radical (unpaired) electrons. The molecule has 0 spiro atoms. The second kappa shape index (κ2) is 8.91. The van der Waals surface area contributed by atoms with Gasteiger partial charge in [-0.05, 0) is 55.7 Å². The number of rotatable bonds is 6. The quantitative estimate of drug-likeness (QED) is 0.609. The Balaban J connectivity index is 1.57. The standard InChI is InChI=1S/C28H34N4O2/c1-18(2)19-10-12-20(13-11-19)27-26-22(21-8-5-6-9-23(21)29-26)16-24-28(34)31(15-7-14-30(3)4)17-25(33)32(24)27/h5-6,8-13,18,24,27,29H,7,14-17H2,1-4H3/t24-,27?/m1/s1. The number of aromatic amines is 1. The molecule has 5 rings (SSSR count). The molecule has 0 saturated carbocycles. The molecule has 1 unspecified atom stereocenters. The van der Waals surface area contributed by atoms with Crippen molar-refractivity contribution in [3.63, 3.8) is 0 Å². The topological polar surface area (TPSA) is 59.7 Å². The number of para-hydroxylation sites is 1. The Kier molecular flexibility index (Phi) is 5.94. The van der Waals surface area contributed by atoms with Crippen molar-refractivity contribution >= 4 is 22.7 Å². The molecule has 178 valence electrons. The van der Waals surface area contributed by atoms with Gasteiger partial charge < -0.3 is 19.7 Å². The van der Waals surface area contributed by atoms with Gasteiger partial charge >= 0.3 is 0 Å². The van der Waals surface area contributed by atoms with E-state index in [1.807, 2.05) is 31.1 Å². The van der Waals surface area contributed by atoms with E-state index in [2.05, 4.69) is 60.1 Å². The third-order valence-corrected chi connectivity index (χ3v) is 7.29. The van der Waals surface area contributed by atoms with Gasteiger partial charge in [0.2, 0.25) is 11.8 Å². The zero-order valence-corrected chi connectivity index (χ0v) is 20.5. The summed E-state index contributed by atoms with van der Waals surface area (Å²) in [6.07, 6.45) is 1.41. The smallest absolute Gasteiger partial charge is 0.246 e. The number of nitrogens with one attached hydrogen (secondary N) is 1. The normalized spacial score (nSPS) is 20.4. The summed E-state index contributed by atoms with van der Waals surface area (Å²) in [6.45, 7) is 6.02. The lowest BCUT2D eigenvalue weighted by atomic mass is 9.85. The van der Waals surface area contributed by atoms with Crippen LogP contribution in [0, 0.1) is 0 Å². The Hall–Kier alpha value is -3.12. The highest BCUT2D eigenvalue weighted by atomic mass is 16.2. The number of H-pyrrole nitrogens is 1. The van der Waals surface area contributed by atoms with E-state index < -0.39 is 6.04 Å². The van der Waals surface area contributed by atoms with Crippen LogP contribution in [-0.2, 0) is 16.0 Å². The molecule has 6 nitrogen and oxygen atoms in total. The summed E-state index contributed by atoms with van der Waals surface area (Å²) in [6, 6.07) is 16.0. The van der Waals surface area contributed by atoms with Crippen molar-refractivity contribution < 1.29 is 9.59 Å². The Bertz CT molecular complexity index is 1210. The van der Waals surface area contributed by atoms with Gasteiger partial charge in [-0.15, -0.1) is 0 Å². The average molecular weight is 459 g/mol. The number of benzene rings is 2. The van der Waals surface area contributed by atoms with Gasteiger partial charge in [-0.3, -0.25) is 9.59 Å². The molecule has 1 N–H and O–H groups in total. The maximum absolute atomic E-state index is 13.7. The largest absolute Gasteiger partial charge is 0.356 e. The first-order chi connectivity index (χ1) is 16.3. The number of aromatic nitrogens is 1. The third kappa shape index (κ3) is 3.90. The molecule has 0 aliphatic carbocycles. The second-order valence-electron chi connectivity index (χ2n) is 10.2. The van der Waals surface area contributed by atoms with E-state index in [1.165, 1.54) is 5.56 Å². The first-order valence-corrected chi connectivity index (χ1v) is 12.3. The van der Waals surface area contributed by atoms with E-state index in [1.54, 1.807) is 4.90 Å². The minimum absolute atomic E-state index is 0.0247. The minimum atomic E-state index is -0.470. The molecule has 1 saturated heterocycles. The van der Waals surface area contributed by atoms with Crippen molar-refractivity contribution in [3.8, 4) is 0 Å². The molecule has 2 atom stereocenters. The highest BCUT2D eigenvalue weighted by Crippen LogP contribution is 2.42. The van der Waals surface area contributed by atoms with Crippen LogP contribution in [0.4, 0.5) is 0 Å². The summed E-state index contributed by atoms with van der Waals surface area (Å²) in [5.74, 6) is 0.528. The average Bonchev–Trinajstić information content (AvgIpc) is 3.19. The fraction of sp³-hybridized carbons (Fsp3) is 0.429. The molecule has 2 aliphatic heterocycles. The van der Waals surface area contributed by atoms with Crippen LogP contribution in [0.15, 0.2) is 48.5 Å². The number of hydrogen-bond acceptors (Lipinski definition) is 3. The predicted molar refractivity (Wildman–Crippen MR) is 135 cm³/mol. The van der Waals surface area contributed by atoms with Crippen LogP contribution < -0.4 is 0 Å². The van der Waals surface area contributed by atoms with Gasteiger partial charge in [0.05, 0.1) is 12.6 Å². The summed E-state index contributed by atoms with van der Waals surface area (Å²) in [7, 11) is 4.06. The van der Waals surface area contributed by atoms with Crippen molar-refractivity contribution in [2.45, 2.75) is 44.7 Å². The minimum Gasteiger partial charge on any atom is -0.356 e. The number of carbonyl (C=O) groups excluding carboxylic acids is 2.